The first-order valence-corrected chi connectivity index (χ1v) is 9.95. The Hall–Kier alpha value is -0.430. The largest absolute Gasteiger partial charge is 0.296 e. The second kappa shape index (κ2) is 5.40. The van der Waals surface area contributed by atoms with Crippen molar-refractivity contribution in [3.63, 3.8) is 0 Å². The smallest absolute Gasteiger partial charge is 0.211 e. The zero-order valence-electron chi connectivity index (χ0n) is 11.9. The van der Waals surface area contributed by atoms with E-state index in [9.17, 15) is 8.42 Å². The maximum atomic E-state index is 12.0. The van der Waals surface area contributed by atoms with Gasteiger partial charge in [0.05, 0.1) is 6.26 Å². The minimum absolute atomic E-state index is 0.136. The summed E-state index contributed by atoms with van der Waals surface area (Å²) >= 11 is 1.78. The van der Waals surface area contributed by atoms with Crippen molar-refractivity contribution in [2.45, 2.75) is 37.8 Å². The number of hydrogen-bond donors (Lipinski definition) is 0. The molecule has 0 N–H and O–H groups in total. The summed E-state index contributed by atoms with van der Waals surface area (Å²) in [6.45, 7) is 3.62. The Kier molecular flexibility index (Phi) is 3.92. The molecule has 0 radical (unpaired) electrons. The van der Waals surface area contributed by atoms with Gasteiger partial charge in [-0.15, -0.1) is 11.3 Å². The van der Waals surface area contributed by atoms with E-state index in [0.717, 1.165) is 45.3 Å². The highest BCUT2D eigenvalue weighted by Crippen LogP contribution is 2.39. The molecule has 112 valence electrons. The first-order valence-electron chi connectivity index (χ1n) is 7.22. The van der Waals surface area contributed by atoms with E-state index in [1.54, 1.807) is 15.6 Å². The van der Waals surface area contributed by atoms with Crippen molar-refractivity contribution < 1.29 is 8.42 Å². The molecule has 0 amide bonds. The zero-order chi connectivity index (χ0) is 14.2. The van der Waals surface area contributed by atoms with Gasteiger partial charge >= 0.3 is 0 Å². The maximum Gasteiger partial charge on any atom is 0.211 e. The fraction of sp³-hybridized carbons (Fsp3) is 0.714. The van der Waals surface area contributed by atoms with Crippen LogP contribution in [0.5, 0.6) is 0 Å². The van der Waals surface area contributed by atoms with E-state index >= 15 is 0 Å². The van der Waals surface area contributed by atoms with E-state index < -0.39 is 10.0 Å². The molecule has 1 aromatic rings. The Labute approximate surface area is 125 Å². The highest BCUT2D eigenvalue weighted by atomic mass is 32.2. The van der Waals surface area contributed by atoms with Gasteiger partial charge in [0.1, 0.15) is 0 Å². The van der Waals surface area contributed by atoms with Crippen molar-refractivity contribution in [3.8, 4) is 0 Å². The first kappa shape index (κ1) is 14.5. The summed E-state index contributed by atoms with van der Waals surface area (Å²) in [5, 5.41) is 2.10. The molecule has 4 nitrogen and oxygen atoms in total. The quantitative estimate of drug-likeness (QED) is 0.858. The lowest BCUT2D eigenvalue weighted by atomic mass is 9.87. The topological polar surface area (TPSA) is 40.6 Å². The van der Waals surface area contributed by atoms with Crippen molar-refractivity contribution in [1.82, 2.24) is 9.21 Å². The fourth-order valence-electron chi connectivity index (χ4n) is 3.80. The molecule has 1 atom stereocenters. The number of rotatable bonds is 3. The molecule has 2 fully saturated rings. The average molecular weight is 314 g/mol. The van der Waals surface area contributed by atoms with Crippen molar-refractivity contribution in [2.75, 3.05) is 25.9 Å². The predicted molar refractivity (Wildman–Crippen MR) is 82.3 cm³/mol. The van der Waals surface area contributed by atoms with E-state index in [1.165, 1.54) is 11.1 Å². The molecule has 0 aliphatic carbocycles. The van der Waals surface area contributed by atoms with Gasteiger partial charge in [0.2, 0.25) is 10.0 Å². The Morgan fingerprint density at radius 1 is 1.30 bits per heavy atom. The number of thiophene rings is 1. The van der Waals surface area contributed by atoms with Gasteiger partial charge in [-0.1, -0.05) is 6.07 Å². The monoisotopic (exact) mass is 314 g/mol. The molecule has 6 heteroatoms. The van der Waals surface area contributed by atoms with E-state index in [2.05, 4.69) is 22.4 Å². The van der Waals surface area contributed by atoms with Gasteiger partial charge in [0.25, 0.3) is 0 Å². The molecule has 0 bridgehead atoms. The highest BCUT2D eigenvalue weighted by molar-refractivity contribution is 7.88. The number of likely N-dealkylation sites (tertiary alicyclic amines) is 1. The molecule has 20 heavy (non-hydrogen) atoms. The van der Waals surface area contributed by atoms with Crippen LogP contribution >= 0.6 is 11.3 Å². The van der Waals surface area contributed by atoms with Gasteiger partial charge in [-0.05, 0) is 43.7 Å². The van der Waals surface area contributed by atoms with Crippen LogP contribution in [-0.4, -0.2) is 49.1 Å². The van der Waals surface area contributed by atoms with Crippen molar-refractivity contribution in [2.24, 2.45) is 0 Å². The number of piperidine rings is 1. The molecule has 0 aromatic carbocycles. The Bertz CT molecular complexity index is 556. The van der Waals surface area contributed by atoms with E-state index in [1.807, 2.05) is 0 Å². The Balaban J connectivity index is 1.77. The SMILES string of the molecule is CS(=O)(=O)N1CCC[C@]12CCCN(Cc1cccs1)C2. The molecule has 0 unspecified atom stereocenters. The molecule has 2 aliphatic rings. The summed E-state index contributed by atoms with van der Waals surface area (Å²) in [6.07, 6.45) is 5.48. The maximum absolute atomic E-state index is 12.0. The number of hydrogen-bond acceptors (Lipinski definition) is 4. The van der Waals surface area contributed by atoms with Crippen LogP contribution in [0.4, 0.5) is 0 Å². The van der Waals surface area contributed by atoms with Crippen LogP contribution in [-0.2, 0) is 16.6 Å². The Morgan fingerprint density at radius 3 is 2.70 bits per heavy atom. The molecule has 3 rings (SSSR count). The minimum atomic E-state index is -3.09. The van der Waals surface area contributed by atoms with Crippen LogP contribution in [0, 0.1) is 0 Å². The third kappa shape index (κ3) is 2.79. The zero-order valence-corrected chi connectivity index (χ0v) is 13.5. The van der Waals surface area contributed by atoms with Crippen LogP contribution in [0.15, 0.2) is 17.5 Å². The molecule has 1 aromatic heterocycles. The molecule has 2 aliphatic heterocycles. The van der Waals surface area contributed by atoms with Gasteiger partial charge in [0.15, 0.2) is 0 Å². The minimum Gasteiger partial charge on any atom is -0.296 e. The predicted octanol–water partition coefficient (Wildman–Crippen LogP) is 2.14. The molecule has 1 spiro atoms. The van der Waals surface area contributed by atoms with Gasteiger partial charge < -0.3 is 0 Å². The van der Waals surface area contributed by atoms with Crippen LogP contribution < -0.4 is 0 Å². The normalized spacial score (nSPS) is 29.2. The fourth-order valence-corrected chi connectivity index (χ4v) is 5.95. The van der Waals surface area contributed by atoms with Crippen molar-refractivity contribution >= 4 is 21.4 Å². The van der Waals surface area contributed by atoms with Crippen LogP contribution in [0.3, 0.4) is 0 Å². The number of nitrogens with zero attached hydrogens (tertiary/aromatic N) is 2. The van der Waals surface area contributed by atoms with Gasteiger partial charge in [-0.2, -0.15) is 4.31 Å². The summed E-state index contributed by atoms with van der Waals surface area (Å²) in [5.41, 5.74) is -0.136. The van der Waals surface area contributed by atoms with Crippen LogP contribution in [0.2, 0.25) is 0 Å². The number of sulfonamides is 1. The summed E-state index contributed by atoms with van der Waals surface area (Å²) in [5.74, 6) is 0. The van der Waals surface area contributed by atoms with E-state index in [-0.39, 0.29) is 5.54 Å². The van der Waals surface area contributed by atoms with Gasteiger partial charge in [-0.25, -0.2) is 8.42 Å². The summed E-state index contributed by atoms with van der Waals surface area (Å²) < 4.78 is 25.9. The van der Waals surface area contributed by atoms with Crippen LogP contribution in [0.25, 0.3) is 0 Å². The summed E-state index contributed by atoms with van der Waals surface area (Å²) in [4.78, 5) is 3.80. The average Bonchev–Trinajstić information content (AvgIpc) is 2.99. The van der Waals surface area contributed by atoms with E-state index in [0.29, 0.717) is 6.54 Å². The molecule has 3 heterocycles. The lowest BCUT2D eigenvalue weighted by Crippen LogP contribution is -2.56. The first-order chi connectivity index (χ1) is 9.50. The molecule has 0 saturated carbocycles. The molecule has 2 saturated heterocycles. The standard InChI is InChI=1S/C14H22N2O2S2/c1-20(17,18)16-9-4-7-14(16)6-3-8-15(12-14)11-13-5-2-10-19-13/h2,5,10H,3-4,6-9,11-12H2,1H3/t14-/m0/s1. The Morgan fingerprint density at radius 2 is 2.05 bits per heavy atom. The second-order valence-corrected chi connectivity index (χ2v) is 9.00. The lowest BCUT2D eigenvalue weighted by Gasteiger charge is -2.44. The highest BCUT2D eigenvalue weighted by Gasteiger charge is 2.47. The third-order valence-corrected chi connectivity index (χ3v) is 6.76. The van der Waals surface area contributed by atoms with Crippen molar-refractivity contribution in [3.05, 3.63) is 22.4 Å². The van der Waals surface area contributed by atoms with Gasteiger partial charge in [0, 0.05) is 30.1 Å². The third-order valence-electron chi connectivity index (χ3n) is 4.53. The van der Waals surface area contributed by atoms with Crippen molar-refractivity contribution in [1.29, 1.82) is 0 Å². The van der Waals surface area contributed by atoms with E-state index in [4.69, 9.17) is 0 Å². The second-order valence-electron chi connectivity index (χ2n) is 6.06. The molecular formula is C14H22N2O2S2. The van der Waals surface area contributed by atoms with Crippen LogP contribution in [0.1, 0.15) is 30.6 Å². The lowest BCUT2D eigenvalue weighted by molar-refractivity contribution is 0.0848. The van der Waals surface area contributed by atoms with Gasteiger partial charge in [-0.3, -0.25) is 4.90 Å². The summed E-state index contributed by atoms with van der Waals surface area (Å²) in [7, 11) is -3.09. The summed E-state index contributed by atoms with van der Waals surface area (Å²) in [6, 6.07) is 4.24. The molecular weight excluding hydrogens is 292 g/mol.